The summed E-state index contributed by atoms with van der Waals surface area (Å²) in [7, 11) is 5.83. The van der Waals surface area contributed by atoms with Gasteiger partial charge < -0.3 is 0 Å². The summed E-state index contributed by atoms with van der Waals surface area (Å²) in [5.41, 5.74) is 2.05. The van der Waals surface area contributed by atoms with Gasteiger partial charge in [0.25, 0.3) is 0 Å². The number of hydrogen-bond acceptors (Lipinski definition) is 5. The highest BCUT2D eigenvalue weighted by Gasteiger charge is 2.33. The van der Waals surface area contributed by atoms with E-state index in [-0.39, 0.29) is 6.04 Å². The van der Waals surface area contributed by atoms with Gasteiger partial charge in [-0.25, -0.2) is 4.39 Å². The number of aryl methyl sites for hydroxylation is 2. The molecular formula is C15H24FN7. The first-order valence-corrected chi connectivity index (χ1v) is 7.90. The van der Waals surface area contributed by atoms with Crippen molar-refractivity contribution in [2.24, 2.45) is 14.1 Å². The molecule has 1 aliphatic heterocycles. The van der Waals surface area contributed by atoms with Crippen molar-refractivity contribution in [1.29, 1.82) is 0 Å². The highest BCUT2D eigenvalue weighted by molar-refractivity contribution is 5.02. The van der Waals surface area contributed by atoms with Crippen LogP contribution in [0.1, 0.15) is 17.8 Å². The molecule has 7 nitrogen and oxygen atoms in total. The molecule has 3 rings (SSSR count). The molecule has 0 saturated carbocycles. The van der Waals surface area contributed by atoms with E-state index in [1.54, 1.807) is 10.9 Å². The van der Waals surface area contributed by atoms with Crippen molar-refractivity contribution in [3.8, 4) is 0 Å². The smallest absolute Gasteiger partial charge is 0.114 e. The molecule has 1 saturated heterocycles. The molecule has 0 spiro atoms. The second-order valence-electron chi connectivity index (χ2n) is 6.44. The summed E-state index contributed by atoms with van der Waals surface area (Å²) in [5.74, 6) is 0. The molecule has 0 bridgehead atoms. The first-order chi connectivity index (χ1) is 11.0. The minimum absolute atomic E-state index is 0.210. The molecule has 0 radical (unpaired) electrons. The van der Waals surface area contributed by atoms with Crippen molar-refractivity contribution in [2.45, 2.75) is 31.7 Å². The lowest BCUT2D eigenvalue weighted by molar-refractivity contribution is 0.176. The second kappa shape index (κ2) is 6.76. The molecule has 1 aliphatic rings. The van der Waals surface area contributed by atoms with E-state index >= 15 is 0 Å². The van der Waals surface area contributed by atoms with Crippen LogP contribution in [0.5, 0.6) is 0 Å². The fraction of sp³-hybridized carbons (Fsp3) is 0.667. The second-order valence-corrected chi connectivity index (χ2v) is 6.44. The number of hydrogen-bond donors (Lipinski definition) is 0. The fourth-order valence-corrected chi connectivity index (χ4v) is 3.24. The number of aromatic nitrogens is 5. The molecule has 1 fully saturated rings. The van der Waals surface area contributed by atoms with E-state index in [1.807, 2.05) is 38.1 Å². The molecular weight excluding hydrogens is 297 g/mol. The molecule has 0 aliphatic carbocycles. The van der Waals surface area contributed by atoms with E-state index in [4.69, 9.17) is 0 Å². The number of halogens is 1. The highest BCUT2D eigenvalue weighted by Crippen LogP contribution is 2.23. The van der Waals surface area contributed by atoms with Gasteiger partial charge in [-0.1, -0.05) is 5.21 Å². The minimum atomic E-state index is -0.752. The summed E-state index contributed by atoms with van der Waals surface area (Å²) in [5, 5.41) is 12.2. The lowest BCUT2D eigenvalue weighted by Gasteiger charge is -2.27. The van der Waals surface area contributed by atoms with Gasteiger partial charge in [-0.2, -0.15) is 5.10 Å². The Kier molecular flexibility index (Phi) is 4.72. The monoisotopic (exact) mass is 321 g/mol. The van der Waals surface area contributed by atoms with E-state index in [0.717, 1.165) is 31.0 Å². The van der Waals surface area contributed by atoms with Crippen LogP contribution in [-0.2, 0) is 27.2 Å². The standard InChI is InChI=1S/C15H24FN7/c1-20(8-13-9-21(2)19-18-13)10-15-6-12(16)7-23(15)11-14-4-5-17-22(14)3/h4-5,9,12,15H,6-8,10-11H2,1-3H3/t12-,15-/m0/s1. The van der Waals surface area contributed by atoms with Crippen molar-refractivity contribution in [3.63, 3.8) is 0 Å². The lowest BCUT2D eigenvalue weighted by Crippen LogP contribution is -2.38. The Bertz CT molecular complexity index is 637. The molecule has 0 aromatic carbocycles. The van der Waals surface area contributed by atoms with Gasteiger partial charge in [0.05, 0.1) is 11.4 Å². The van der Waals surface area contributed by atoms with Crippen molar-refractivity contribution >= 4 is 0 Å². The zero-order valence-electron chi connectivity index (χ0n) is 13.9. The molecule has 2 atom stereocenters. The van der Waals surface area contributed by atoms with Crippen LogP contribution in [0.25, 0.3) is 0 Å². The van der Waals surface area contributed by atoms with Crippen molar-refractivity contribution in [3.05, 3.63) is 29.8 Å². The summed E-state index contributed by atoms with van der Waals surface area (Å²) in [6.07, 6.45) is 3.53. The average Bonchev–Trinajstić information content (AvgIpc) is 3.15. The summed E-state index contributed by atoms with van der Waals surface area (Å²) >= 11 is 0. The molecule has 3 heterocycles. The van der Waals surface area contributed by atoms with Gasteiger partial charge in [-0.3, -0.25) is 19.2 Å². The first-order valence-electron chi connectivity index (χ1n) is 7.90. The zero-order valence-corrected chi connectivity index (χ0v) is 13.9. The highest BCUT2D eigenvalue weighted by atomic mass is 19.1. The van der Waals surface area contributed by atoms with Gasteiger partial charge in [0.15, 0.2) is 0 Å². The van der Waals surface area contributed by atoms with E-state index in [1.165, 1.54) is 0 Å². The number of likely N-dealkylation sites (tertiary alicyclic amines) is 1. The first kappa shape index (κ1) is 16.1. The summed E-state index contributed by atoms with van der Waals surface area (Å²) < 4.78 is 17.5. The number of alkyl halides is 1. The summed E-state index contributed by atoms with van der Waals surface area (Å²) in [6.45, 7) is 2.77. The summed E-state index contributed by atoms with van der Waals surface area (Å²) in [6, 6.07) is 2.20. The van der Waals surface area contributed by atoms with Crippen LogP contribution in [0.2, 0.25) is 0 Å². The van der Waals surface area contributed by atoms with Crippen LogP contribution in [0.3, 0.4) is 0 Å². The van der Waals surface area contributed by atoms with Crippen LogP contribution in [0.4, 0.5) is 4.39 Å². The molecule has 8 heteroatoms. The van der Waals surface area contributed by atoms with E-state index in [2.05, 4.69) is 25.2 Å². The predicted molar refractivity (Wildman–Crippen MR) is 84.3 cm³/mol. The van der Waals surface area contributed by atoms with Crippen LogP contribution in [0, 0.1) is 0 Å². The number of nitrogens with zero attached hydrogens (tertiary/aromatic N) is 7. The quantitative estimate of drug-likeness (QED) is 0.780. The van der Waals surface area contributed by atoms with E-state index in [0.29, 0.717) is 13.0 Å². The van der Waals surface area contributed by atoms with Crippen LogP contribution in [-0.4, -0.2) is 66.9 Å². The topological polar surface area (TPSA) is 55.0 Å². The van der Waals surface area contributed by atoms with Crippen LogP contribution in [0.15, 0.2) is 18.5 Å². The maximum atomic E-state index is 13.9. The Labute approximate surface area is 135 Å². The van der Waals surface area contributed by atoms with Gasteiger partial charge >= 0.3 is 0 Å². The van der Waals surface area contributed by atoms with Gasteiger partial charge in [0.2, 0.25) is 0 Å². The Hall–Kier alpha value is -1.80. The summed E-state index contributed by atoms with van der Waals surface area (Å²) in [4.78, 5) is 4.40. The van der Waals surface area contributed by atoms with Crippen molar-refractivity contribution in [1.82, 2.24) is 34.6 Å². The Morgan fingerprint density at radius 3 is 2.87 bits per heavy atom. The number of rotatable bonds is 6. The van der Waals surface area contributed by atoms with Crippen LogP contribution >= 0.6 is 0 Å². The maximum Gasteiger partial charge on any atom is 0.114 e. The Morgan fingerprint density at radius 1 is 1.39 bits per heavy atom. The molecule has 2 aromatic heterocycles. The third-order valence-corrected chi connectivity index (χ3v) is 4.37. The Balaban J connectivity index is 1.59. The normalized spacial score (nSPS) is 22.3. The molecule has 0 N–H and O–H groups in total. The average molecular weight is 321 g/mol. The zero-order chi connectivity index (χ0) is 16.4. The van der Waals surface area contributed by atoms with Crippen molar-refractivity contribution in [2.75, 3.05) is 20.1 Å². The Morgan fingerprint density at radius 2 is 2.22 bits per heavy atom. The van der Waals surface area contributed by atoms with E-state index in [9.17, 15) is 4.39 Å². The number of likely N-dealkylation sites (N-methyl/N-ethyl adjacent to an activating group) is 1. The third-order valence-electron chi connectivity index (χ3n) is 4.37. The predicted octanol–water partition coefficient (Wildman–Crippen LogP) is 0.593. The molecule has 0 amide bonds. The molecule has 23 heavy (non-hydrogen) atoms. The maximum absolute atomic E-state index is 13.9. The largest absolute Gasteiger partial charge is 0.299 e. The molecule has 2 aromatic rings. The lowest BCUT2D eigenvalue weighted by atomic mass is 10.2. The van der Waals surface area contributed by atoms with Crippen LogP contribution < -0.4 is 0 Å². The third kappa shape index (κ3) is 3.94. The van der Waals surface area contributed by atoms with E-state index < -0.39 is 6.17 Å². The van der Waals surface area contributed by atoms with Gasteiger partial charge in [0.1, 0.15) is 6.17 Å². The van der Waals surface area contributed by atoms with Gasteiger partial charge in [0, 0.05) is 58.7 Å². The fourth-order valence-electron chi connectivity index (χ4n) is 3.24. The SMILES string of the molecule is CN(Cc1cn(C)nn1)C[C@@H]1C[C@H](F)CN1Cc1ccnn1C. The molecule has 0 unspecified atom stereocenters. The van der Waals surface area contributed by atoms with Crippen molar-refractivity contribution < 1.29 is 4.39 Å². The van der Waals surface area contributed by atoms with Gasteiger partial charge in [-0.05, 0) is 19.5 Å². The van der Waals surface area contributed by atoms with Gasteiger partial charge in [-0.15, -0.1) is 5.10 Å². The molecule has 126 valence electrons. The minimum Gasteiger partial charge on any atom is -0.299 e.